The highest BCUT2D eigenvalue weighted by Gasteiger charge is 2.20. The van der Waals surface area contributed by atoms with Crippen LogP contribution in [0.15, 0.2) is 168 Å². The van der Waals surface area contributed by atoms with Crippen molar-refractivity contribution < 1.29 is 4.42 Å². The first kappa shape index (κ1) is 26.3. The first-order valence-electron chi connectivity index (χ1n) is 15.9. The van der Waals surface area contributed by atoms with Gasteiger partial charge in [-0.3, -0.25) is 0 Å². The van der Waals surface area contributed by atoms with Crippen molar-refractivity contribution in [2.24, 2.45) is 0 Å². The van der Waals surface area contributed by atoms with Crippen molar-refractivity contribution >= 4 is 92.1 Å². The standard InChI is InChI=1S/C44H27NOS/c1-2-11-31(12-3-1)45(39-17-8-16-36-35-14-6-7-18-40(35)46-44(36)39)32-24-25-41-38(27-32)43-34(15-9-19-42(43)47-41)30-23-22-29-21-20-28-10-4-5-13-33(28)37(29)26-30/h1-27H. The lowest BCUT2D eigenvalue weighted by Crippen LogP contribution is -2.10. The van der Waals surface area contributed by atoms with Gasteiger partial charge in [-0.1, -0.05) is 109 Å². The van der Waals surface area contributed by atoms with Gasteiger partial charge in [0.2, 0.25) is 0 Å². The van der Waals surface area contributed by atoms with Gasteiger partial charge in [-0.2, -0.15) is 0 Å². The molecule has 2 nitrogen and oxygen atoms in total. The largest absolute Gasteiger partial charge is 0.454 e. The van der Waals surface area contributed by atoms with E-state index >= 15 is 0 Å². The number of hydrogen-bond donors (Lipinski definition) is 0. The van der Waals surface area contributed by atoms with Gasteiger partial charge in [-0.15, -0.1) is 11.3 Å². The third kappa shape index (κ3) is 4.10. The summed E-state index contributed by atoms with van der Waals surface area (Å²) in [5, 5.41) is 9.90. The molecule has 8 aromatic carbocycles. The van der Waals surface area contributed by atoms with Crippen LogP contribution in [0.2, 0.25) is 0 Å². The first-order chi connectivity index (χ1) is 23.3. The van der Waals surface area contributed by atoms with Crippen molar-refractivity contribution in [1.82, 2.24) is 0 Å². The molecule has 2 heterocycles. The van der Waals surface area contributed by atoms with Crippen LogP contribution in [-0.2, 0) is 0 Å². The van der Waals surface area contributed by atoms with Crippen molar-refractivity contribution in [3.05, 3.63) is 164 Å². The molecule has 2 aromatic heterocycles. The fourth-order valence-electron chi connectivity index (χ4n) is 7.28. The van der Waals surface area contributed by atoms with E-state index in [2.05, 4.69) is 157 Å². The number of benzene rings is 8. The maximum Gasteiger partial charge on any atom is 0.159 e. The van der Waals surface area contributed by atoms with E-state index in [9.17, 15) is 0 Å². The summed E-state index contributed by atoms with van der Waals surface area (Å²) in [5.74, 6) is 0. The minimum Gasteiger partial charge on any atom is -0.454 e. The molecule has 47 heavy (non-hydrogen) atoms. The lowest BCUT2D eigenvalue weighted by atomic mass is 9.95. The highest BCUT2D eigenvalue weighted by molar-refractivity contribution is 7.26. The van der Waals surface area contributed by atoms with Crippen LogP contribution in [0, 0.1) is 0 Å². The second kappa shape index (κ2) is 10.3. The van der Waals surface area contributed by atoms with E-state index in [1.54, 1.807) is 0 Å². The zero-order chi connectivity index (χ0) is 30.9. The van der Waals surface area contributed by atoms with Gasteiger partial charge in [0.15, 0.2) is 5.58 Å². The molecule has 0 saturated carbocycles. The number of anilines is 3. The van der Waals surface area contributed by atoms with Crippen LogP contribution in [-0.4, -0.2) is 0 Å². The Kier molecular flexibility index (Phi) is 5.78. The summed E-state index contributed by atoms with van der Waals surface area (Å²) < 4.78 is 9.12. The number of rotatable bonds is 4. The Balaban J connectivity index is 1.21. The van der Waals surface area contributed by atoms with Gasteiger partial charge in [0.1, 0.15) is 5.58 Å². The van der Waals surface area contributed by atoms with Crippen LogP contribution < -0.4 is 4.90 Å². The van der Waals surface area contributed by atoms with Crippen LogP contribution in [0.3, 0.4) is 0 Å². The van der Waals surface area contributed by atoms with Gasteiger partial charge >= 0.3 is 0 Å². The van der Waals surface area contributed by atoms with Crippen molar-refractivity contribution in [3.8, 4) is 11.1 Å². The third-order valence-electron chi connectivity index (χ3n) is 9.43. The second-order valence-corrected chi connectivity index (χ2v) is 13.2. The molecule has 0 unspecified atom stereocenters. The zero-order valence-electron chi connectivity index (χ0n) is 25.4. The molecule has 0 aliphatic rings. The smallest absolute Gasteiger partial charge is 0.159 e. The van der Waals surface area contributed by atoms with Crippen molar-refractivity contribution in [2.75, 3.05) is 4.90 Å². The third-order valence-corrected chi connectivity index (χ3v) is 10.6. The van der Waals surface area contributed by atoms with Crippen LogP contribution in [0.1, 0.15) is 0 Å². The van der Waals surface area contributed by atoms with Crippen LogP contribution >= 0.6 is 11.3 Å². The summed E-state index contributed by atoms with van der Waals surface area (Å²) in [6, 6.07) is 59.0. The Hall–Kier alpha value is -5.90. The van der Waals surface area contributed by atoms with E-state index in [1.165, 1.54) is 52.8 Å². The van der Waals surface area contributed by atoms with E-state index in [4.69, 9.17) is 4.42 Å². The second-order valence-electron chi connectivity index (χ2n) is 12.1. The molecule has 0 atom stereocenters. The normalized spacial score (nSPS) is 11.8. The lowest BCUT2D eigenvalue weighted by molar-refractivity contribution is 0.669. The number of hydrogen-bond acceptors (Lipinski definition) is 3. The van der Waals surface area contributed by atoms with E-state index in [0.717, 1.165) is 39.0 Å². The minimum absolute atomic E-state index is 0.886. The molecule has 0 saturated heterocycles. The molecule has 220 valence electrons. The average molecular weight is 618 g/mol. The Morgan fingerprint density at radius 3 is 2.11 bits per heavy atom. The quantitative estimate of drug-likeness (QED) is 0.183. The highest BCUT2D eigenvalue weighted by Crippen LogP contribution is 2.46. The average Bonchev–Trinajstić information content (AvgIpc) is 3.71. The summed E-state index contributed by atoms with van der Waals surface area (Å²) in [5.41, 5.74) is 7.47. The predicted octanol–water partition coefficient (Wildman–Crippen LogP) is 13.4. The summed E-state index contributed by atoms with van der Waals surface area (Å²) in [6.07, 6.45) is 0. The fraction of sp³-hybridized carbons (Fsp3) is 0. The molecule has 0 fully saturated rings. The van der Waals surface area contributed by atoms with Gasteiger partial charge in [-0.05, 0) is 87.3 Å². The molecule has 0 amide bonds. The zero-order valence-corrected chi connectivity index (χ0v) is 26.2. The number of fused-ring (bicyclic) bond motifs is 9. The van der Waals surface area contributed by atoms with E-state index < -0.39 is 0 Å². The monoisotopic (exact) mass is 617 g/mol. The molecule has 0 spiro atoms. The fourth-order valence-corrected chi connectivity index (χ4v) is 8.39. The number of thiophene rings is 1. The number of para-hydroxylation sites is 3. The number of furan rings is 1. The first-order valence-corrected chi connectivity index (χ1v) is 16.7. The van der Waals surface area contributed by atoms with Crippen LogP contribution in [0.5, 0.6) is 0 Å². The molecular formula is C44H27NOS. The van der Waals surface area contributed by atoms with Crippen molar-refractivity contribution in [2.45, 2.75) is 0 Å². The van der Waals surface area contributed by atoms with Crippen LogP contribution in [0.25, 0.3) is 74.8 Å². The van der Waals surface area contributed by atoms with Gasteiger partial charge in [0.25, 0.3) is 0 Å². The maximum atomic E-state index is 6.55. The van der Waals surface area contributed by atoms with E-state index in [-0.39, 0.29) is 0 Å². The van der Waals surface area contributed by atoms with Gasteiger partial charge in [0, 0.05) is 42.3 Å². The molecule has 0 bridgehead atoms. The predicted molar refractivity (Wildman–Crippen MR) is 202 cm³/mol. The van der Waals surface area contributed by atoms with Crippen molar-refractivity contribution in [3.63, 3.8) is 0 Å². The van der Waals surface area contributed by atoms with Gasteiger partial charge in [-0.25, -0.2) is 0 Å². The SMILES string of the molecule is c1ccc(N(c2ccc3sc4cccc(-c5ccc6ccc7ccccc7c6c5)c4c3c2)c2cccc3c2oc2ccccc23)cc1. The Bertz CT molecular complexity index is 2810. The molecule has 0 N–H and O–H groups in total. The molecule has 0 radical (unpaired) electrons. The Morgan fingerprint density at radius 2 is 1.19 bits per heavy atom. The van der Waals surface area contributed by atoms with Crippen LogP contribution in [0.4, 0.5) is 17.1 Å². The highest BCUT2D eigenvalue weighted by atomic mass is 32.1. The lowest BCUT2D eigenvalue weighted by Gasteiger charge is -2.25. The topological polar surface area (TPSA) is 16.4 Å². The molecular weight excluding hydrogens is 591 g/mol. The summed E-state index contributed by atoms with van der Waals surface area (Å²) in [7, 11) is 0. The summed E-state index contributed by atoms with van der Waals surface area (Å²) >= 11 is 1.86. The van der Waals surface area contributed by atoms with E-state index in [1.807, 2.05) is 23.5 Å². The maximum absolute atomic E-state index is 6.55. The van der Waals surface area contributed by atoms with Crippen molar-refractivity contribution in [1.29, 1.82) is 0 Å². The summed E-state index contributed by atoms with van der Waals surface area (Å²) in [6.45, 7) is 0. The molecule has 0 aliphatic carbocycles. The number of nitrogens with zero attached hydrogens (tertiary/aromatic N) is 1. The minimum atomic E-state index is 0.886. The van der Waals surface area contributed by atoms with Gasteiger partial charge in [0.05, 0.1) is 5.69 Å². The molecule has 10 aromatic rings. The Labute approximate surface area is 275 Å². The molecule has 10 rings (SSSR count). The molecule has 3 heteroatoms. The van der Waals surface area contributed by atoms with Gasteiger partial charge < -0.3 is 9.32 Å². The Morgan fingerprint density at radius 1 is 0.447 bits per heavy atom. The summed E-state index contributed by atoms with van der Waals surface area (Å²) in [4.78, 5) is 2.33. The molecule has 0 aliphatic heterocycles. The van der Waals surface area contributed by atoms with E-state index in [0.29, 0.717) is 0 Å².